The number of hydrogen-bond donors (Lipinski definition) is 0. The SMILES string of the molecule is N#CCCN(c1ncc2ccccc2n1)C1CC1. The van der Waals surface area contributed by atoms with E-state index in [0.29, 0.717) is 12.5 Å². The summed E-state index contributed by atoms with van der Waals surface area (Å²) in [5.41, 5.74) is 0.963. The molecule has 4 nitrogen and oxygen atoms in total. The summed E-state index contributed by atoms with van der Waals surface area (Å²) in [6.45, 7) is 0.722. The van der Waals surface area contributed by atoms with E-state index in [0.717, 1.165) is 23.4 Å². The van der Waals surface area contributed by atoms with Gasteiger partial charge in [0.25, 0.3) is 0 Å². The van der Waals surface area contributed by atoms with Gasteiger partial charge in [-0.05, 0) is 18.9 Å². The van der Waals surface area contributed by atoms with Crippen LogP contribution in [0.3, 0.4) is 0 Å². The van der Waals surface area contributed by atoms with Crippen molar-refractivity contribution in [1.29, 1.82) is 5.26 Å². The van der Waals surface area contributed by atoms with E-state index in [2.05, 4.69) is 20.9 Å². The van der Waals surface area contributed by atoms with Gasteiger partial charge in [-0.15, -0.1) is 0 Å². The van der Waals surface area contributed by atoms with Crippen LogP contribution in [0.15, 0.2) is 30.5 Å². The summed E-state index contributed by atoms with van der Waals surface area (Å²) in [5, 5.41) is 9.77. The van der Waals surface area contributed by atoms with Gasteiger partial charge in [-0.25, -0.2) is 9.97 Å². The molecule has 0 radical (unpaired) electrons. The average Bonchev–Trinajstić information content (AvgIpc) is 3.24. The van der Waals surface area contributed by atoms with Gasteiger partial charge < -0.3 is 4.90 Å². The summed E-state index contributed by atoms with van der Waals surface area (Å²) < 4.78 is 0. The van der Waals surface area contributed by atoms with Crippen LogP contribution in [-0.4, -0.2) is 22.6 Å². The fourth-order valence-electron chi connectivity index (χ4n) is 2.10. The van der Waals surface area contributed by atoms with Crippen molar-refractivity contribution >= 4 is 16.9 Å². The minimum Gasteiger partial charge on any atom is -0.337 e. The first kappa shape index (κ1) is 11.0. The molecule has 3 rings (SSSR count). The fourth-order valence-corrected chi connectivity index (χ4v) is 2.10. The summed E-state index contributed by atoms with van der Waals surface area (Å²) in [7, 11) is 0. The monoisotopic (exact) mass is 238 g/mol. The molecule has 0 spiro atoms. The Bertz CT molecular complexity index is 598. The highest BCUT2D eigenvalue weighted by Gasteiger charge is 2.30. The smallest absolute Gasteiger partial charge is 0.226 e. The molecule has 18 heavy (non-hydrogen) atoms. The lowest BCUT2D eigenvalue weighted by Crippen LogP contribution is -2.28. The van der Waals surface area contributed by atoms with Gasteiger partial charge in [0.05, 0.1) is 18.0 Å². The number of rotatable bonds is 4. The summed E-state index contributed by atoms with van der Waals surface area (Å²) in [6, 6.07) is 10.7. The Morgan fingerprint density at radius 3 is 2.94 bits per heavy atom. The molecule has 0 saturated heterocycles. The number of benzene rings is 1. The van der Waals surface area contributed by atoms with Crippen molar-refractivity contribution < 1.29 is 0 Å². The Balaban J connectivity index is 1.93. The molecule has 1 aliphatic carbocycles. The van der Waals surface area contributed by atoms with Gasteiger partial charge in [-0.1, -0.05) is 18.2 Å². The Hall–Kier alpha value is -2.15. The highest BCUT2D eigenvalue weighted by molar-refractivity contribution is 5.78. The molecule has 0 amide bonds. The number of nitriles is 1. The molecule has 1 aromatic carbocycles. The lowest BCUT2D eigenvalue weighted by atomic mass is 10.2. The average molecular weight is 238 g/mol. The van der Waals surface area contributed by atoms with Gasteiger partial charge in [0.1, 0.15) is 0 Å². The Labute approximate surface area is 106 Å². The standard InChI is InChI=1S/C14H14N4/c15-8-3-9-18(12-6-7-12)14-16-10-11-4-1-2-5-13(11)17-14/h1-2,4-5,10,12H,3,6-7,9H2. The first-order valence-electron chi connectivity index (χ1n) is 6.24. The van der Waals surface area contributed by atoms with Crippen molar-refractivity contribution in [1.82, 2.24) is 9.97 Å². The van der Waals surface area contributed by atoms with Crippen LogP contribution in [0.5, 0.6) is 0 Å². The zero-order valence-corrected chi connectivity index (χ0v) is 10.1. The molecule has 1 aromatic heterocycles. The maximum absolute atomic E-state index is 8.72. The van der Waals surface area contributed by atoms with Crippen molar-refractivity contribution in [2.24, 2.45) is 0 Å². The number of nitrogens with zero attached hydrogens (tertiary/aromatic N) is 4. The van der Waals surface area contributed by atoms with E-state index < -0.39 is 0 Å². The van der Waals surface area contributed by atoms with Gasteiger partial charge in [0, 0.05) is 24.2 Å². The largest absolute Gasteiger partial charge is 0.337 e. The van der Waals surface area contributed by atoms with Gasteiger partial charge in [0.15, 0.2) is 0 Å². The molecule has 1 saturated carbocycles. The number of aromatic nitrogens is 2. The Morgan fingerprint density at radius 2 is 2.17 bits per heavy atom. The zero-order valence-electron chi connectivity index (χ0n) is 10.1. The molecule has 1 aliphatic rings. The van der Waals surface area contributed by atoms with E-state index in [9.17, 15) is 0 Å². The Kier molecular flexibility index (Phi) is 2.81. The number of anilines is 1. The molecule has 4 heteroatoms. The van der Waals surface area contributed by atoms with Crippen molar-refractivity contribution in [3.05, 3.63) is 30.5 Å². The zero-order chi connectivity index (χ0) is 12.4. The molecule has 90 valence electrons. The predicted octanol–water partition coefficient (Wildman–Crippen LogP) is 2.51. The summed E-state index contributed by atoms with van der Waals surface area (Å²) in [4.78, 5) is 11.2. The van der Waals surface area contributed by atoms with Crippen molar-refractivity contribution in [3.8, 4) is 6.07 Å². The number of fused-ring (bicyclic) bond motifs is 1. The van der Waals surface area contributed by atoms with E-state index >= 15 is 0 Å². The quantitative estimate of drug-likeness (QED) is 0.821. The van der Waals surface area contributed by atoms with Crippen LogP contribution in [0.2, 0.25) is 0 Å². The summed E-state index contributed by atoms with van der Waals surface area (Å²) >= 11 is 0. The van der Waals surface area contributed by atoms with E-state index in [1.807, 2.05) is 30.5 Å². The third kappa shape index (κ3) is 2.12. The van der Waals surface area contributed by atoms with Crippen LogP contribution in [0.1, 0.15) is 19.3 Å². The lowest BCUT2D eigenvalue weighted by molar-refractivity contribution is 0.763. The second-order valence-electron chi connectivity index (χ2n) is 4.56. The van der Waals surface area contributed by atoms with E-state index in [1.54, 1.807) is 0 Å². The summed E-state index contributed by atoms with van der Waals surface area (Å²) in [5.74, 6) is 0.756. The topological polar surface area (TPSA) is 52.8 Å². The molecular formula is C14H14N4. The van der Waals surface area contributed by atoms with E-state index in [4.69, 9.17) is 5.26 Å². The maximum Gasteiger partial charge on any atom is 0.226 e. The molecular weight excluding hydrogens is 224 g/mol. The van der Waals surface area contributed by atoms with Crippen LogP contribution >= 0.6 is 0 Å². The third-order valence-corrected chi connectivity index (χ3v) is 3.19. The van der Waals surface area contributed by atoms with Crippen LogP contribution in [0, 0.1) is 11.3 Å². The van der Waals surface area contributed by atoms with Crippen molar-refractivity contribution in [3.63, 3.8) is 0 Å². The van der Waals surface area contributed by atoms with Gasteiger partial charge in [-0.3, -0.25) is 0 Å². The molecule has 0 aliphatic heterocycles. The highest BCUT2D eigenvalue weighted by Crippen LogP contribution is 2.30. The molecule has 1 fully saturated rings. The van der Waals surface area contributed by atoms with Crippen LogP contribution in [0.4, 0.5) is 5.95 Å². The first-order chi connectivity index (χ1) is 8.88. The first-order valence-corrected chi connectivity index (χ1v) is 6.24. The summed E-state index contributed by atoms with van der Waals surface area (Å²) in [6.07, 6.45) is 4.75. The van der Waals surface area contributed by atoms with E-state index in [1.165, 1.54) is 12.8 Å². The molecule has 2 aromatic rings. The second-order valence-corrected chi connectivity index (χ2v) is 4.56. The van der Waals surface area contributed by atoms with Crippen LogP contribution < -0.4 is 4.90 Å². The molecule has 0 atom stereocenters. The number of para-hydroxylation sites is 1. The minimum absolute atomic E-state index is 0.521. The Morgan fingerprint density at radius 1 is 1.33 bits per heavy atom. The third-order valence-electron chi connectivity index (χ3n) is 3.19. The fraction of sp³-hybridized carbons (Fsp3) is 0.357. The number of hydrogen-bond acceptors (Lipinski definition) is 4. The van der Waals surface area contributed by atoms with E-state index in [-0.39, 0.29) is 0 Å². The molecule has 0 bridgehead atoms. The van der Waals surface area contributed by atoms with Crippen molar-refractivity contribution in [2.75, 3.05) is 11.4 Å². The lowest BCUT2D eigenvalue weighted by Gasteiger charge is -2.21. The van der Waals surface area contributed by atoms with Crippen LogP contribution in [0.25, 0.3) is 10.9 Å². The maximum atomic E-state index is 8.72. The van der Waals surface area contributed by atoms with Crippen LogP contribution in [-0.2, 0) is 0 Å². The van der Waals surface area contributed by atoms with Gasteiger partial charge >= 0.3 is 0 Å². The normalized spacial score (nSPS) is 14.4. The highest BCUT2D eigenvalue weighted by atomic mass is 15.3. The molecule has 1 heterocycles. The van der Waals surface area contributed by atoms with Gasteiger partial charge in [-0.2, -0.15) is 5.26 Å². The van der Waals surface area contributed by atoms with Crippen molar-refractivity contribution in [2.45, 2.75) is 25.3 Å². The minimum atomic E-state index is 0.521. The second kappa shape index (κ2) is 4.61. The predicted molar refractivity (Wildman–Crippen MR) is 70.1 cm³/mol. The molecule has 0 unspecified atom stereocenters. The van der Waals surface area contributed by atoms with Gasteiger partial charge in [0.2, 0.25) is 5.95 Å². The molecule has 0 N–H and O–H groups in total.